The normalized spacial score (nSPS) is 10.6. The van der Waals surface area contributed by atoms with Crippen molar-refractivity contribution in [2.24, 2.45) is 0 Å². The molecule has 0 saturated carbocycles. The van der Waals surface area contributed by atoms with Gasteiger partial charge < -0.3 is 0 Å². The minimum Gasteiger partial charge on any atom is -0.215 e. The lowest BCUT2D eigenvalue weighted by atomic mass is 10.3. The summed E-state index contributed by atoms with van der Waals surface area (Å²) in [5.74, 6) is 0.315. The highest BCUT2D eigenvalue weighted by Crippen LogP contribution is 2.28. The fraction of sp³-hybridized carbons (Fsp3) is 0.111. The average Bonchev–Trinajstić information content (AvgIpc) is 2.70. The molecular weight excluding hydrogens is 256 g/mol. The molecule has 0 aliphatic heterocycles. The SMILES string of the molecule is ClCc1cnnn1-c1cccc(Cl)c1Cl. The fourth-order valence-electron chi connectivity index (χ4n) is 1.21. The van der Waals surface area contributed by atoms with Crippen molar-refractivity contribution >= 4 is 34.8 Å². The molecule has 78 valence electrons. The van der Waals surface area contributed by atoms with E-state index >= 15 is 0 Å². The summed E-state index contributed by atoms with van der Waals surface area (Å²) < 4.78 is 1.57. The predicted octanol–water partition coefficient (Wildman–Crippen LogP) is 3.31. The number of benzene rings is 1. The van der Waals surface area contributed by atoms with Gasteiger partial charge in [0.15, 0.2) is 0 Å². The number of hydrogen-bond acceptors (Lipinski definition) is 2. The van der Waals surface area contributed by atoms with E-state index in [4.69, 9.17) is 34.8 Å². The van der Waals surface area contributed by atoms with Gasteiger partial charge in [0, 0.05) is 0 Å². The topological polar surface area (TPSA) is 30.7 Å². The monoisotopic (exact) mass is 261 g/mol. The molecule has 0 saturated heterocycles. The molecule has 2 aromatic rings. The first-order valence-corrected chi connectivity index (χ1v) is 5.43. The summed E-state index contributed by atoms with van der Waals surface area (Å²) in [5.41, 5.74) is 1.44. The first kappa shape index (κ1) is 10.7. The molecule has 0 aliphatic rings. The van der Waals surface area contributed by atoms with Crippen LogP contribution in [0.2, 0.25) is 10.0 Å². The molecule has 1 aromatic carbocycles. The van der Waals surface area contributed by atoms with E-state index in [2.05, 4.69) is 10.3 Å². The van der Waals surface area contributed by atoms with Gasteiger partial charge >= 0.3 is 0 Å². The van der Waals surface area contributed by atoms with Gasteiger partial charge in [-0.15, -0.1) is 16.7 Å². The third-order valence-corrected chi connectivity index (χ3v) is 3.00. The fourth-order valence-corrected chi connectivity index (χ4v) is 1.76. The van der Waals surface area contributed by atoms with Crippen molar-refractivity contribution in [3.63, 3.8) is 0 Å². The third-order valence-electron chi connectivity index (χ3n) is 1.92. The molecule has 0 bridgehead atoms. The van der Waals surface area contributed by atoms with Crippen LogP contribution in [0.1, 0.15) is 5.69 Å². The molecular formula is C9H6Cl3N3. The summed E-state index contributed by atoms with van der Waals surface area (Å²) >= 11 is 17.7. The zero-order valence-electron chi connectivity index (χ0n) is 7.49. The van der Waals surface area contributed by atoms with Gasteiger partial charge in [-0.25, -0.2) is 4.68 Å². The Morgan fingerprint density at radius 3 is 2.80 bits per heavy atom. The van der Waals surface area contributed by atoms with Crippen LogP contribution in [0, 0.1) is 0 Å². The maximum absolute atomic E-state index is 6.05. The first-order chi connectivity index (χ1) is 7.24. The second kappa shape index (κ2) is 4.39. The number of aromatic nitrogens is 3. The quantitative estimate of drug-likeness (QED) is 0.777. The molecule has 1 heterocycles. The van der Waals surface area contributed by atoms with Crippen molar-refractivity contribution in [1.82, 2.24) is 15.0 Å². The highest BCUT2D eigenvalue weighted by Gasteiger charge is 2.10. The molecule has 0 aliphatic carbocycles. The van der Waals surface area contributed by atoms with Crippen molar-refractivity contribution in [3.05, 3.63) is 40.1 Å². The Balaban J connectivity index is 2.59. The van der Waals surface area contributed by atoms with E-state index in [0.29, 0.717) is 21.6 Å². The van der Waals surface area contributed by atoms with Crippen LogP contribution >= 0.6 is 34.8 Å². The van der Waals surface area contributed by atoms with Crippen LogP contribution < -0.4 is 0 Å². The molecule has 0 unspecified atom stereocenters. The molecule has 0 fully saturated rings. The largest absolute Gasteiger partial charge is 0.215 e. The van der Waals surface area contributed by atoms with Gasteiger partial charge in [0.05, 0.1) is 33.5 Å². The predicted molar refractivity (Wildman–Crippen MR) is 60.9 cm³/mol. The van der Waals surface area contributed by atoms with Gasteiger partial charge in [0.1, 0.15) is 0 Å². The van der Waals surface area contributed by atoms with Crippen LogP contribution in [-0.2, 0) is 5.88 Å². The molecule has 15 heavy (non-hydrogen) atoms. The summed E-state index contributed by atoms with van der Waals surface area (Å²) in [6.45, 7) is 0. The minimum atomic E-state index is 0.315. The number of alkyl halides is 1. The number of nitrogens with zero attached hydrogens (tertiary/aromatic N) is 3. The van der Waals surface area contributed by atoms with E-state index in [1.54, 1.807) is 29.1 Å². The molecule has 0 radical (unpaired) electrons. The van der Waals surface area contributed by atoms with Crippen LogP contribution in [0.4, 0.5) is 0 Å². The Labute approximate surface area is 102 Å². The molecule has 0 atom stereocenters. The molecule has 0 N–H and O–H groups in total. The van der Waals surface area contributed by atoms with E-state index in [-0.39, 0.29) is 0 Å². The summed E-state index contributed by atoms with van der Waals surface area (Å²) in [4.78, 5) is 0. The number of rotatable bonds is 2. The first-order valence-electron chi connectivity index (χ1n) is 4.14. The summed E-state index contributed by atoms with van der Waals surface area (Å²) in [6.07, 6.45) is 1.59. The molecule has 0 spiro atoms. The second-order valence-corrected chi connectivity index (χ2v) is 3.90. The Hall–Kier alpha value is -0.770. The summed E-state index contributed by atoms with van der Waals surface area (Å²) in [7, 11) is 0. The highest BCUT2D eigenvalue weighted by atomic mass is 35.5. The van der Waals surface area contributed by atoms with E-state index in [0.717, 1.165) is 5.69 Å². The summed E-state index contributed by atoms with van der Waals surface area (Å²) in [5, 5.41) is 8.58. The Morgan fingerprint density at radius 1 is 1.27 bits per heavy atom. The second-order valence-electron chi connectivity index (χ2n) is 2.84. The van der Waals surface area contributed by atoms with E-state index in [1.807, 2.05) is 0 Å². The standard InChI is InChI=1S/C9H6Cl3N3/c10-4-6-5-13-14-15(6)8-3-1-2-7(11)9(8)12/h1-3,5H,4H2. The maximum Gasteiger partial charge on any atom is 0.0868 e. The van der Waals surface area contributed by atoms with Crippen LogP contribution in [0.5, 0.6) is 0 Å². The van der Waals surface area contributed by atoms with Gasteiger partial charge in [-0.05, 0) is 12.1 Å². The smallest absolute Gasteiger partial charge is 0.0868 e. The van der Waals surface area contributed by atoms with Crippen molar-refractivity contribution in [2.45, 2.75) is 5.88 Å². The van der Waals surface area contributed by atoms with E-state index in [1.165, 1.54) is 0 Å². The Morgan fingerprint density at radius 2 is 2.07 bits per heavy atom. The van der Waals surface area contributed by atoms with Gasteiger partial charge in [-0.3, -0.25) is 0 Å². The molecule has 2 rings (SSSR count). The zero-order valence-corrected chi connectivity index (χ0v) is 9.76. The lowest BCUT2D eigenvalue weighted by Gasteiger charge is -2.06. The average molecular weight is 263 g/mol. The van der Waals surface area contributed by atoms with Gasteiger partial charge in [0.25, 0.3) is 0 Å². The molecule has 1 aromatic heterocycles. The Kier molecular flexibility index (Phi) is 3.14. The van der Waals surface area contributed by atoms with Crippen LogP contribution in [0.15, 0.2) is 24.4 Å². The van der Waals surface area contributed by atoms with Gasteiger partial charge in [0.2, 0.25) is 0 Å². The minimum absolute atomic E-state index is 0.315. The van der Waals surface area contributed by atoms with E-state index < -0.39 is 0 Å². The number of hydrogen-bond donors (Lipinski definition) is 0. The highest BCUT2D eigenvalue weighted by molar-refractivity contribution is 6.43. The van der Waals surface area contributed by atoms with Crippen molar-refractivity contribution < 1.29 is 0 Å². The zero-order chi connectivity index (χ0) is 10.8. The van der Waals surface area contributed by atoms with Gasteiger partial charge in [-0.2, -0.15) is 0 Å². The van der Waals surface area contributed by atoms with Crippen molar-refractivity contribution in [2.75, 3.05) is 0 Å². The molecule has 3 nitrogen and oxygen atoms in total. The number of halogens is 3. The maximum atomic E-state index is 6.05. The summed E-state index contributed by atoms with van der Waals surface area (Å²) in [6, 6.07) is 5.31. The van der Waals surface area contributed by atoms with Crippen LogP contribution in [-0.4, -0.2) is 15.0 Å². The van der Waals surface area contributed by atoms with Crippen LogP contribution in [0.25, 0.3) is 5.69 Å². The van der Waals surface area contributed by atoms with Gasteiger partial charge in [-0.1, -0.05) is 34.5 Å². The molecule has 6 heteroatoms. The molecule has 0 amide bonds. The lowest BCUT2D eigenvalue weighted by molar-refractivity contribution is 0.781. The lowest BCUT2D eigenvalue weighted by Crippen LogP contribution is -2.01. The van der Waals surface area contributed by atoms with E-state index in [9.17, 15) is 0 Å². The van der Waals surface area contributed by atoms with Crippen LogP contribution in [0.3, 0.4) is 0 Å². The third kappa shape index (κ3) is 1.95. The van der Waals surface area contributed by atoms with Crippen molar-refractivity contribution in [1.29, 1.82) is 0 Å². The van der Waals surface area contributed by atoms with Crippen molar-refractivity contribution in [3.8, 4) is 5.69 Å². The Bertz CT molecular complexity index is 481.